The molecule has 2 aromatic heterocycles. The van der Waals surface area contributed by atoms with E-state index in [1.54, 1.807) is 17.4 Å². The first-order valence-corrected chi connectivity index (χ1v) is 9.62. The third-order valence-corrected chi connectivity index (χ3v) is 6.57. The molecule has 3 aromatic rings. The standard InChI is InChI=1S/C17H15ClN2OS2/c18-15-8-7-14(22-15)17(21)20-9-3-4-11(10-20)16-19-12-5-1-2-6-13(12)23-16/h1-2,5-8,11H,3-4,9-10H2. The van der Waals surface area contributed by atoms with Crippen LogP contribution in [-0.4, -0.2) is 28.9 Å². The van der Waals surface area contributed by atoms with Crippen LogP contribution in [0.4, 0.5) is 0 Å². The Morgan fingerprint density at radius 2 is 2.09 bits per heavy atom. The number of hydrogen-bond acceptors (Lipinski definition) is 4. The maximum Gasteiger partial charge on any atom is 0.263 e. The summed E-state index contributed by atoms with van der Waals surface area (Å²) >= 11 is 9.05. The van der Waals surface area contributed by atoms with Gasteiger partial charge in [-0.3, -0.25) is 4.79 Å². The highest BCUT2D eigenvalue weighted by Crippen LogP contribution is 2.34. The fourth-order valence-electron chi connectivity index (χ4n) is 3.01. The Bertz CT molecular complexity index is 824. The van der Waals surface area contributed by atoms with Crippen molar-refractivity contribution in [3.63, 3.8) is 0 Å². The molecular formula is C17H15ClN2OS2. The number of aromatic nitrogens is 1. The number of carbonyl (C=O) groups excluding carboxylic acids is 1. The Hall–Kier alpha value is -1.43. The van der Waals surface area contributed by atoms with E-state index in [1.807, 2.05) is 23.1 Å². The van der Waals surface area contributed by atoms with Gasteiger partial charge < -0.3 is 4.90 Å². The van der Waals surface area contributed by atoms with Crippen molar-refractivity contribution in [3.05, 3.63) is 50.6 Å². The number of nitrogens with zero attached hydrogens (tertiary/aromatic N) is 2. The minimum absolute atomic E-state index is 0.0905. The molecule has 1 amide bonds. The van der Waals surface area contributed by atoms with E-state index in [1.165, 1.54) is 16.0 Å². The van der Waals surface area contributed by atoms with Crippen LogP contribution >= 0.6 is 34.3 Å². The summed E-state index contributed by atoms with van der Waals surface area (Å²) in [7, 11) is 0. The van der Waals surface area contributed by atoms with Gasteiger partial charge in [-0.1, -0.05) is 23.7 Å². The van der Waals surface area contributed by atoms with Crippen molar-refractivity contribution in [2.45, 2.75) is 18.8 Å². The van der Waals surface area contributed by atoms with Crippen molar-refractivity contribution in [1.82, 2.24) is 9.88 Å². The van der Waals surface area contributed by atoms with E-state index in [-0.39, 0.29) is 5.91 Å². The summed E-state index contributed by atoms with van der Waals surface area (Å²) in [5.74, 6) is 0.424. The lowest BCUT2D eigenvalue weighted by molar-refractivity contribution is 0.0712. The maximum atomic E-state index is 12.6. The third-order valence-electron chi connectivity index (χ3n) is 4.15. The third kappa shape index (κ3) is 3.01. The average Bonchev–Trinajstić information content (AvgIpc) is 3.20. The minimum Gasteiger partial charge on any atom is -0.337 e. The SMILES string of the molecule is O=C(c1ccc(Cl)s1)N1CCCC(c2nc3ccccc3s2)C1. The Morgan fingerprint density at radius 3 is 2.87 bits per heavy atom. The van der Waals surface area contributed by atoms with Crippen LogP contribution in [0.3, 0.4) is 0 Å². The first kappa shape index (κ1) is 15.1. The maximum absolute atomic E-state index is 12.6. The Morgan fingerprint density at radius 1 is 1.22 bits per heavy atom. The van der Waals surface area contributed by atoms with Crippen LogP contribution in [0.15, 0.2) is 36.4 Å². The zero-order valence-electron chi connectivity index (χ0n) is 12.4. The Labute approximate surface area is 147 Å². The van der Waals surface area contributed by atoms with E-state index in [0.29, 0.717) is 10.3 Å². The number of carbonyl (C=O) groups is 1. The van der Waals surface area contributed by atoms with Crippen LogP contribution in [0, 0.1) is 0 Å². The van der Waals surface area contributed by atoms with Crippen LogP contribution in [0.2, 0.25) is 4.34 Å². The molecule has 6 heteroatoms. The van der Waals surface area contributed by atoms with Gasteiger partial charge in [0.1, 0.15) is 0 Å². The van der Waals surface area contributed by atoms with Crippen molar-refractivity contribution >= 4 is 50.4 Å². The number of thiophene rings is 1. The van der Waals surface area contributed by atoms with E-state index in [0.717, 1.165) is 41.3 Å². The molecule has 1 atom stereocenters. The van der Waals surface area contributed by atoms with Crippen molar-refractivity contribution in [2.24, 2.45) is 0 Å². The largest absolute Gasteiger partial charge is 0.337 e. The summed E-state index contributed by atoms with van der Waals surface area (Å²) in [6, 6.07) is 11.8. The van der Waals surface area contributed by atoms with Crippen LogP contribution in [0.1, 0.15) is 33.4 Å². The number of hydrogen-bond donors (Lipinski definition) is 0. The van der Waals surface area contributed by atoms with E-state index in [2.05, 4.69) is 12.1 Å². The zero-order chi connectivity index (χ0) is 15.8. The van der Waals surface area contributed by atoms with Crippen LogP contribution in [-0.2, 0) is 0 Å². The minimum atomic E-state index is 0.0905. The second-order valence-electron chi connectivity index (χ2n) is 5.71. The molecule has 0 aliphatic carbocycles. The molecule has 0 bridgehead atoms. The van der Waals surface area contributed by atoms with Gasteiger partial charge in [0.2, 0.25) is 0 Å². The molecular weight excluding hydrogens is 348 g/mol. The Balaban J connectivity index is 1.55. The number of amides is 1. The van der Waals surface area contributed by atoms with Gasteiger partial charge in [0.15, 0.2) is 0 Å². The Kier molecular flexibility index (Phi) is 4.09. The molecule has 1 saturated heterocycles. The number of rotatable bonds is 2. The molecule has 118 valence electrons. The van der Waals surface area contributed by atoms with Gasteiger partial charge in [-0.05, 0) is 37.1 Å². The number of likely N-dealkylation sites (tertiary alicyclic amines) is 1. The van der Waals surface area contributed by atoms with E-state index >= 15 is 0 Å². The fraction of sp³-hybridized carbons (Fsp3) is 0.294. The van der Waals surface area contributed by atoms with Gasteiger partial charge >= 0.3 is 0 Å². The summed E-state index contributed by atoms with van der Waals surface area (Å²) in [6.07, 6.45) is 2.11. The molecule has 1 fully saturated rings. The molecule has 0 radical (unpaired) electrons. The number of thiazole rings is 1. The van der Waals surface area contributed by atoms with Crippen molar-refractivity contribution < 1.29 is 4.79 Å². The van der Waals surface area contributed by atoms with Gasteiger partial charge in [0, 0.05) is 19.0 Å². The van der Waals surface area contributed by atoms with E-state index in [9.17, 15) is 4.79 Å². The topological polar surface area (TPSA) is 33.2 Å². The number of para-hydroxylation sites is 1. The van der Waals surface area contributed by atoms with E-state index < -0.39 is 0 Å². The first-order chi connectivity index (χ1) is 11.2. The summed E-state index contributed by atoms with van der Waals surface area (Å²) in [5, 5.41) is 1.15. The lowest BCUT2D eigenvalue weighted by Gasteiger charge is -2.31. The average molecular weight is 363 g/mol. The predicted molar refractivity (Wildman–Crippen MR) is 96.8 cm³/mol. The van der Waals surface area contributed by atoms with Gasteiger partial charge in [0.25, 0.3) is 5.91 Å². The summed E-state index contributed by atoms with van der Waals surface area (Å²) in [6.45, 7) is 1.56. The van der Waals surface area contributed by atoms with E-state index in [4.69, 9.17) is 16.6 Å². The van der Waals surface area contributed by atoms with Gasteiger partial charge in [-0.25, -0.2) is 4.98 Å². The number of piperidine rings is 1. The predicted octanol–water partition coefficient (Wildman–Crippen LogP) is 5.03. The zero-order valence-corrected chi connectivity index (χ0v) is 14.8. The van der Waals surface area contributed by atoms with Gasteiger partial charge in [-0.2, -0.15) is 0 Å². The van der Waals surface area contributed by atoms with Crippen LogP contribution in [0.5, 0.6) is 0 Å². The van der Waals surface area contributed by atoms with Crippen molar-refractivity contribution in [2.75, 3.05) is 13.1 Å². The quantitative estimate of drug-likeness (QED) is 0.640. The molecule has 0 saturated carbocycles. The number of benzene rings is 1. The second kappa shape index (κ2) is 6.23. The molecule has 1 unspecified atom stereocenters. The lowest BCUT2D eigenvalue weighted by atomic mass is 9.98. The highest BCUT2D eigenvalue weighted by Gasteiger charge is 2.28. The molecule has 1 aliphatic heterocycles. The fourth-order valence-corrected chi connectivity index (χ4v) is 5.12. The molecule has 1 aliphatic rings. The molecule has 4 rings (SSSR count). The summed E-state index contributed by atoms with van der Waals surface area (Å²) < 4.78 is 1.88. The van der Waals surface area contributed by atoms with Crippen LogP contribution < -0.4 is 0 Å². The normalized spacial score (nSPS) is 18.5. The van der Waals surface area contributed by atoms with Crippen molar-refractivity contribution in [1.29, 1.82) is 0 Å². The highest BCUT2D eigenvalue weighted by molar-refractivity contribution is 7.18. The van der Waals surface area contributed by atoms with Crippen molar-refractivity contribution in [3.8, 4) is 0 Å². The summed E-state index contributed by atoms with van der Waals surface area (Å²) in [5.41, 5.74) is 1.06. The molecule has 0 N–H and O–H groups in total. The molecule has 0 spiro atoms. The molecule has 3 nitrogen and oxygen atoms in total. The monoisotopic (exact) mass is 362 g/mol. The second-order valence-corrected chi connectivity index (χ2v) is 8.49. The first-order valence-electron chi connectivity index (χ1n) is 7.61. The highest BCUT2D eigenvalue weighted by atomic mass is 35.5. The number of halogens is 1. The van der Waals surface area contributed by atoms with Crippen LogP contribution in [0.25, 0.3) is 10.2 Å². The summed E-state index contributed by atoms with van der Waals surface area (Å²) in [4.78, 5) is 20.1. The number of fused-ring (bicyclic) bond motifs is 1. The molecule has 23 heavy (non-hydrogen) atoms. The smallest absolute Gasteiger partial charge is 0.263 e. The van der Waals surface area contributed by atoms with Gasteiger partial charge in [-0.15, -0.1) is 22.7 Å². The van der Waals surface area contributed by atoms with Gasteiger partial charge in [0.05, 0.1) is 24.4 Å². The lowest BCUT2D eigenvalue weighted by Crippen LogP contribution is -2.38. The molecule has 3 heterocycles. The molecule has 1 aromatic carbocycles.